The van der Waals surface area contributed by atoms with Crippen molar-refractivity contribution >= 4 is 17.7 Å². The van der Waals surface area contributed by atoms with Crippen molar-refractivity contribution in [2.24, 2.45) is 5.92 Å². The van der Waals surface area contributed by atoms with Gasteiger partial charge >= 0.3 is 0 Å². The van der Waals surface area contributed by atoms with Gasteiger partial charge in [0.1, 0.15) is 12.2 Å². The van der Waals surface area contributed by atoms with Gasteiger partial charge in [-0.25, -0.2) is 0 Å². The van der Waals surface area contributed by atoms with E-state index in [0.717, 1.165) is 25.7 Å². The maximum Gasteiger partial charge on any atom is 0.251 e. The highest BCUT2D eigenvalue weighted by atomic mass is 16.5. The summed E-state index contributed by atoms with van der Waals surface area (Å²) in [4.78, 5) is 39.1. The molecule has 1 aliphatic carbocycles. The summed E-state index contributed by atoms with van der Waals surface area (Å²) in [6.07, 6.45) is 6.94. The van der Waals surface area contributed by atoms with Gasteiger partial charge in [-0.15, -0.1) is 13.2 Å². The lowest BCUT2D eigenvalue weighted by Gasteiger charge is -2.35. The lowest BCUT2D eigenvalue weighted by atomic mass is 9.89. The van der Waals surface area contributed by atoms with Gasteiger partial charge in [0.25, 0.3) is 5.91 Å². The standard InChI is InChI=1S/C24H39N3O5/c1-5-15-31-17(3)22(28)25-20-7-9-21(10-8-20)26-23(29)19-11-13-27(14-12-19)24(30)18(4)32-16-6-2/h5-6,17-21H,1-2,7-16H2,3-4H3,(H,25,28)(H,26,29)/t17-,18-,20?,21?/m1/s1. The first-order valence-electron chi connectivity index (χ1n) is 11.7. The van der Waals surface area contributed by atoms with E-state index in [1.54, 1.807) is 30.9 Å². The van der Waals surface area contributed by atoms with Crippen LogP contribution in [0.2, 0.25) is 0 Å². The van der Waals surface area contributed by atoms with Crippen molar-refractivity contribution in [2.75, 3.05) is 26.3 Å². The average Bonchev–Trinajstić information content (AvgIpc) is 2.81. The molecule has 2 atom stereocenters. The minimum atomic E-state index is -0.500. The lowest BCUT2D eigenvalue weighted by molar-refractivity contribution is -0.144. The van der Waals surface area contributed by atoms with Gasteiger partial charge in [-0.05, 0) is 52.4 Å². The molecule has 2 fully saturated rings. The summed E-state index contributed by atoms with van der Waals surface area (Å²) in [7, 11) is 0. The second kappa shape index (κ2) is 13.4. The summed E-state index contributed by atoms with van der Waals surface area (Å²) in [6, 6.07) is 0.252. The number of rotatable bonds is 11. The topological polar surface area (TPSA) is 97.0 Å². The Morgan fingerprint density at radius 1 is 0.875 bits per heavy atom. The van der Waals surface area contributed by atoms with E-state index in [0.29, 0.717) is 39.1 Å². The first kappa shape index (κ1) is 26.1. The molecule has 1 heterocycles. The number of likely N-dealkylation sites (tertiary alicyclic amines) is 1. The van der Waals surface area contributed by atoms with E-state index in [2.05, 4.69) is 23.8 Å². The van der Waals surface area contributed by atoms with Crippen molar-refractivity contribution in [2.45, 2.75) is 76.7 Å². The fourth-order valence-corrected chi connectivity index (χ4v) is 4.21. The van der Waals surface area contributed by atoms with Gasteiger partial charge < -0.3 is 25.0 Å². The molecule has 1 saturated carbocycles. The molecule has 0 aromatic carbocycles. The largest absolute Gasteiger partial charge is 0.365 e. The molecule has 0 aromatic rings. The SMILES string of the molecule is C=CCO[C@H](C)C(=O)NC1CCC(NC(=O)C2CCN(C(=O)[C@@H](C)OCC=C)CC2)CC1. The highest BCUT2D eigenvalue weighted by Gasteiger charge is 2.31. The second-order valence-electron chi connectivity index (χ2n) is 8.69. The van der Waals surface area contributed by atoms with Gasteiger partial charge in [-0.2, -0.15) is 0 Å². The number of hydrogen-bond acceptors (Lipinski definition) is 5. The average molecular weight is 450 g/mol. The maximum atomic E-state index is 12.7. The summed E-state index contributed by atoms with van der Waals surface area (Å²) >= 11 is 0. The van der Waals surface area contributed by atoms with Crippen LogP contribution in [0.4, 0.5) is 0 Å². The van der Waals surface area contributed by atoms with Crippen LogP contribution in [0.25, 0.3) is 0 Å². The van der Waals surface area contributed by atoms with E-state index >= 15 is 0 Å². The lowest BCUT2D eigenvalue weighted by Crippen LogP contribution is -2.49. The summed E-state index contributed by atoms with van der Waals surface area (Å²) in [5, 5.41) is 6.22. The van der Waals surface area contributed by atoms with Crippen molar-refractivity contribution in [1.29, 1.82) is 0 Å². The van der Waals surface area contributed by atoms with Crippen molar-refractivity contribution in [3.8, 4) is 0 Å². The number of ether oxygens (including phenoxy) is 2. The maximum absolute atomic E-state index is 12.7. The molecule has 0 spiro atoms. The molecule has 8 nitrogen and oxygen atoms in total. The normalized spacial score (nSPS) is 23.6. The molecule has 32 heavy (non-hydrogen) atoms. The fourth-order valence-electron chi connectivity index (χ4n) is 4.21. The number of nitrogens with one attached hydrogen (secondary N) is 2. The summed E-state index contributed by atoms with van der Waals surface area (Å²) in [6.45, 7) is 12.5. The Hall–Kier alpha value is -2.19. The van der Waals surface area contributed by atoms with Crippen LogP contribution in [0.5, 0.6) is 0 Å². The molecule has 2 aliphatic rings. The third-order valence-electron chi connectivity index (χ3n) is 6.24. The van der Waals surface area contributed by atoms with Crippen LogP contribution >= 0.6 is 0 Å². The van der Waals surface area contributed by atoms with Gasteiger partial charge in [0, 0.05) is 31.1 Å². The van der Waals surface area contributed by atoms with Crippen LogP contribution in [-0.2, 0) is 23.9 Å². The predicted molar refractivity (Wildman–Crippen MR) is 123 cm³/mol. The van der Waals surface area contributed by atoms with E-state index in [4.69, 9.17) is 9.47 Å². The van der Waals surface area contributed by atoms with Gasteiger partial charge in [0.15, 0.2) is 0 Å². The van der Waals surface area contributed by atoms with E-state index in [-0.39, 0.29) is 35.7 Å². The number of amides is 3. The molecule has 0 bridgehead atoms. The Morgan fingerprint density at radius 3 is 1.91 bits per heavy atom. The summed E-state index contributed by atoms with van der Waals surface area (Å²) in [5.74, 6) is -0.129. The molecule has 8 heteroatoms. The third kappa shape index (κ3) is 8.06. The van der Waals surface area contributed by atoms with Crippen LogP contribution in [-0.4, -0.2) is 73.2 Å². The molecule has 2 N–H and O–H groups in total. The zero-order chi connectivity index (χ0) is 23.5. The highest BCUT2D eigenvalue weighted by Crippen LogP contribution is 2.22. The van der Waals surface area contributed by atoms with Crippen LogP contribution in [0, 0.1) is 5.92 Å². The minimum Gasteiger partial charge on any atom is -0.365 e. The zero-order valence-corrected chi connectivity index (χ0v) is 19.5. The van der Waals surface area contributed by atoms with Crippen molar-refractivity contribution < 1.29 is 23.9 Å². The number of carbonyl (C=O) groups excluding carboxylic acids is 3. The number of carbonyl (C=O) groups is 3. The molecule has 180 valence electrons. The first-order valence-corrected chi connectivity index (χ1v) is 11.7. The van der Waals surface area contributed by atoms with Gasteiger partial charge in [0.05, 0.1) is 13.2 Å². The summed E-state index contributed by atoms with van der Waals surface area (Å²) in [5.41, 5.74) is 0. The molecule has 1 aliphatic heterocycles. The number of nitrogens with zero attached hydrogens (tertiary/aromatic N) is 1. The van der Waals surface area contributed by atoms with E-state index < -0.39 is 12.2 Å². The Morgan fingerprint density at radius 2 is 1.38 bits per heavy atom. The third-order valence-corrected chi connectivity index (χ3v) is 6.24. The van der Waals surface area contributed by atoms with Gasteiger partial charge in [0.2, 0.25) is 11.8 Å². The Balaban J connectivity index is 1.67. The second-order valence-corrected chi connectivity index (χ2v) is 8.69. The van der Waals surface area contributed by atoms with E-state index in [1.165, 1.54) is 0 Å². The number of hydrogen-bond donors (Lipinski definition) is 2. The van der Waals surface area contributed by atoms with Crippen molar-refractivity contribution in [1.82, 2.24) is 15.5 Å². The fraction of sp³-hybridized carbons (Fsp3) is 0.708. The Bertz CT molecular complexity index is 652. The predicted octanol–water partition coefficient (Wildman–Crippen LogP) is 1.95. The molecule has 0 unspecified atom stereocenters. The highest BCUT2D eigenvalue weighted by molar-refractivity contribution is 5.82. The Kier molecular flexibility index (Phi) is 10.9. The Labute approximate surface area is 191 Å². The van der Waals surface area contributed by atoms with Crippen LogP contribution in [0.15, 0.2) is 25.3 Å². The first-order chi connectivity index (χ1) is 15.3. The van der Waals surface area contributed by atoms with Crippen LogP contribution < -0.4 is 10.6 Å². The van der Waals surface area contributed by atoms with Crippen molar-refractivity contribution in [3.05, 3.63) is 25.3 Å². The molecular weight excluding hydrogens is 410 g/mol. The van der Waals surface area contributed by atoms with Gasteiger partial charge in [-0.1, -0.05) is 12.2 Å². The smallest absolute Gasteiger partial charge is 0.251 e. The summed E-state index contributed by atoms with van der Waals surface area (Å²) < 4.78 is 10.8. The molecule has 0 radical (unpaired) electrons. The van der Waals surface area contributed by atoms with Gasteiger partial charge in [-0.3, -0.25) is 14.4 Å². The number of piperidine rings is 1. The molecule has 3 amide bonds. The monoisotopic (exact) mass is 449 g/mol. The molecule has 2 rings (SSSR count). The minimum absolute atomic E-state index is 0.0321. The molecular formula is C24H39N3O5. The van der Waals surface area contributed by atoms with E-state index in [9.17, 15) is 14.4 Å². The van der Waals surface area contributed by atoms with Crippen molar-refractivity contribution in [3.63, 3.8) is 0 Å². The zero-order valence-electron chi connectivity index (χ0n) is 19.5. The molecule has 1 saturated heterocycles. The molecule has 0 aromatic heterocycles. The van der Waals surface area contributed by atoms with Crippen LogP contribution in [0.3, 0.4) is 0 Å². The van der Waals surface area contributed by atoms with Crippen LogP contribution in [0.1, 0.15) is 52.4 Å². The quantitative estimate of drug-likeness (QED) is 0.470. The van der Waals surface area contributed by atoms with E-state index in [1.807, 2.05) is 0 Å².